The highest BCUT2D eigenvalue weighted by Gasteiger charge is 2.19. The van der Waals surface area contributed by atoms with Gasteiger partial charge in [0.1, 0.15) is 5.75 Å². The Labute approximate surface area is 198 Å². The van der Waals surface area contributed by atoms with Gasteiger partial charge in [-0.2, -0.15) is 0 Å². The highest BCUT2D eigenvalue weighted by atomic mass is 35.5. The Bertz CT molecular complexity index is 1210. The first-order valence-electron chi connectivity index (χ1n) is 9.65. The van der Waals surface area contributed by atoms with Crippen molar-refractivity contribution in [3.63, 3.8) is 0 Å². The zero-order chi connectivity index (χ0) is 22.5. The lowest BCUT2D eigenvalue weighted by molar-refractivity contribution is -0.113. The van der Waals surface area contributed by atoms with Crippen molar-refractivity contribution < 1.29 is 13.9 Å². The number of benzene rings is 2. The Morgan fingerprint density at radius 3 is 2.66 bits per heavy atom. The lowest BCUT2D eigenvalue weighted by Gasteiger charge is -2.11. The van der Waals surface area contributed by atoms with E-state index < -0.39 is 0 Å². The normalized spacial score (nSPS) is 10.8. The molecule has 2 heterocycles. The molecule has 10 heteroatoms. The van der Waals surface area contributed by atoms with Crippen molar-refractivity contribution in [1.29, 1.82) is 0 Å². The molecule has 0 radical (unpaired) electrons. The number of amides is 1. The lowest BCUT2D eigenvalue weighted by atomic mass is 10.3. The van der Waals surface area contributed by atoms with E-state index in [1.807, 2.05) is 35.8 Å². The van der Waals surface area contributed by atoms with Crippen LogP contribution in [0.2, 0.25) is 10.0 Å². The number of hydrogen-bond acceptors (Lipinski definition) is 6. The zero-order valence-corrected chi connectivity index (χ0v) is 19.2. The standard InChI is InChI=1S/C22H18Cl2N4O3S/c1-2-30-16-8-6-15(7-9-16)28-21(19-4-3-11-31-19)26-27-22(28)32-13-20(29)25-18-10-5-14(23)12-17(18)24/h3-12H,2,13H2,1H3,(H,25,29). The Balaban J connectivity index is 1.56. The van der Waals surface area contributed by atoms with Crippen molar-refractivity contribution in [2.24, 2.45) is 0 Å². The number of hydrogen-bond donors (Lipinski definition) is 1. The van der Waals surface area contributed by atoms with Gasteiger partial charge in [-0.25, -0.2) is 0 Å². The molecular formula is C22H18Cl2N4O3S. The van der Waals surface area contributed by atoms with Crippen molar-refractivity contribution in [1.82, 2.24) is 14.8 Å². The van der Waals surface area contributed by atoms with Gasteiger partial charge in [-0.05, 0) is 61.5 Å². The molecule has 0 bridgehead atoms. The van der Waals surface area contributed by atoms with Crippen LogP contribution >= 0.6 is 35.0 Å². The quantitative estimate of drug-likeness (QED) is 0.308. The van der Waals surface area contributed by atoms with E-state index in [1.165, 1.54) is 11.8 Å². The van der Waals surface area contributed by atoms with Crippen LogP contribution in [0.25, 0.3) is 17.3 Å². The summed E-state index contributed by atoms with van der Waals surface area (Å²) in [6.45, 7) is 2.51. The molecule has 0 saturated heterocycles. The molecular weight excluding hydrogens is 471 g/mol. The van der Waals surface area contributed by atoms with E-state index in [4.69, 9.17) is 32.4 Å². The summed E-state index contributed by atoms with van der Waals surface area (Å²) in [5.74, 6) is 1.72. The van der Waals surface area contributed by atoms with Crippen molar-refractivity contribution in [3.05, 3.63) is 70.9 Å². The largest absolute Gasteiger partial charge is 0.494 e. The van der Waals surface area contributed by atoms with E-state index in [2.05, 4.69) is 15.5 Å². The summed E-state index contributed by atoms with van der Waals surface area (Å²) in [5.41, 5.74) is 1.31. The highest BCUT2D eigenvalue weighted by Crippen LogP contribution is 2.30. The second-order valence-corrected chi connectivity index (χ2v) is 8.29. The molecule has 0 unspecified atom stereocenters. The van der Waals surface area contributed by atoms with Gasteiger partial charge in [0.05, 0.1) is 35.0 Å². The summed E-state index contributed by atoms with van der Waals surface area (Å²) in [5, 5.41) is 12.7. The summed E-state index contributed by atoms with van der Waals surface area (Å²) >= 11 is 13.3. The Kier molecular flexibility index (Phi) is 7.04. The van der Waals surface area contributed by atoms with Crippen LogP contribution in [0.4, 0.5) is 5.69 Å². The number of anilines is 1. The predicted octanol–water partition coefficient (Wildman–Crippen LogP) is 5.96. The highest BCUT2D eigenvalue weighted by molar-refractivity contribution is 7.99. The molecule has 2 aromatic heterocycles. The fourth-order valence-electron chi connectivity index (χ4n) is 2.93. The van der Waals surface area contributed by atoms with Crippen molar-refractivity contribution in [2.75, 3.05) is 17.7 Å². The van der Waals surface area contributed by atoms with Crippen LogP contribution < -0.4 is 10.1 Å². The summed E-state index contributed by atoms with van der Waals surface area (Å²) in [7, 11) is 0. The van der Waals surface area contributed by atoms with Gasteiger partial charge in [-0.3, -0.25) is 9.36 Å². The minimum absolute atomic E-state index is 0.103. The molecule has 4 aromatic rings. The Morgan fingerprint density at radius 1 is 1.16 bits per heavy atom. The van der Waals surface area contributed by atoms with Crippen LogP contribution in [-0.2, 0) is 4.79 Å². The monoisotopic (exact) mass is 488 g/mol. The van der Waals surface area contributed by atoms with Gasteiger partial charge in [0, 0.05) is 5.02 Å². The first kappa shape index (κ1) is 22.3. The van der Waals surface area contributed by atoms with E-state index in [0.717, 1.165) is 11.4 Å². The average molecular weight is 489 g/mol. The van der Waals surface area contributed by atoms with Crippen LogP contribution in [0.15, 0.2) is 70.4 Å². The van der Waals surface area contributed by atoms with E-state index >= 15 is 0 Å². The van der Waals surface area contributed by atoms with Crippen LogP contribution in [0.3, 0.4) is 0 Å². The molecule has 1 N–H and O–H groups in total. The van der Waals surface area contributed by atoms with Crippen molar-refractivity contribution >= 4 is 46.6 Å². The van der Waals surface area contributed by atoms with Crippen molar-refractivity contribution in [3.8, 4) is 23.0 Å². The van der Waals surface area contributed by atoms with Gasteiger partial charge in [-0.1, -0.05) is 35.0 Å². The van der Waals surface area contributed by atoms with Gasteiger partial charge in [0.15, 0.2) is 10.9 Å². The topological polar surface area (TPSA) is 82.2 Å². The smallest absolute Gasteiger partial charge is 0.234 e. The first-order valence-corrected chi connectivity index (χ1v) is 11.4. The number of rotatable bonds is 8. The fourth-order valence-corrected chi connectivity index (χ4v) is 4.13. The molecule has 0 aliphatic heterocycles. The molecule has 0 aliphatic rings. The summed E-state index contributed by atoms with van der Waals surface area (Å²) in [4.78, 5) is 12.5. The predicted molar refractivity (Wildman–Crippen MR) is 126 cm³/mol. The second kappa shape index (κ2) is 10.1. The number of ether oxygens (including phenoxy) is 1. The average Bonchev–Trinajstić information content (AvgIpc) is 3.45. The maximum atomic E-state index is 12.5. The van der Waals surface area contributed by atoms with Gasteiger partial charge < -0.3 is 14.5 Å². The number of thioether (sulfide) groups is 1. The van der Waals surface area contributed by atoms with E-state index in [-0.39, 0.29) is 11.7 Å². The second-order valence-electron chi connectivity index (χ2n) is 6.51. The number of nitrogens with zero attached hydrogens (tertiary/aromatic N) is 3. The van der Waals surface area contributed by atoms with Crippen LogP contribution in [-0.4, -0.2) is 33.0 Å². The summed E-state index contributed by atoms with van der Waals surface area (Å²) in [6.07, 6.45) is 1.57. The minimum atomic E-state index is -0.236. The van der Waals surface area contributed by atoms with E-state index in [0.29, 0.717) is 39.1 Å². The van der Waals surface area contributed by atoms with Crippen LogP contribution in [0.5, 0.6) is 5.75 Å². The number of nitrogens with one attached hydrogen (secondary N) is 1. The first-order chi connectivity index (χ1) is 15.5. The van der Waals surface area contributed by atoms with Gasteiger partial charge in [0.25, 0.3) is 0 Å². The van der Waals surface area contributed by atoms with Crippen LogP contribution in [0, 0.1) is 0 Å². The third-order valence-electron chi connectivity index (χ3n) is 4.32. The molecule has 0 aliphatic carbocycles. The molecule has 164 valence electrons. The Morgan fingerprint density at radius 2 is 1.97 bits per heavy atom. The molecule has 1 amide bonds. The number of aromatic nitrogens is 3. The molecule has 0 atom stereocenters. The van der Waals surface area contributed by atoms with Gasteiger partial charge in [0.2, 0.25) is 11.7 Å². The molecule has 0 fully saturated rings. The van der Waals surface area contributed by atoms with E-state index in [9.17, 15) is 4.79 Å². The van der Waals surface area contributed by atoms with E-state index in [1.54, 1.807) is 36.6 Å². The molecule has 32 heavy (non-hydrogen) atoms. The maximum absolute atomic E-state index is 12.5. The SMILES string of the molecule is CCOc1ccc(-n2c(SCC(=O)Nc3ccc(Cl)cc3Cl)nnc2-c2ccco2)cc1. The minimum Gasteiger partial charge on any atom is -0.494 e. The molecule has 4 rings (SSSR count). The maximum Gasteiger partial charge on any atom is 0.234 e. The number of furan rings is 1. The zero-order valence-electron chi connectivity index (χ0n) is 16.9. The summed E-state index contributed by atoms with van der Waals surface area (Å²) < 4.78 is 12.9. The molecule has 0 saturated carbocycles. The molecule has 0 spiro atoms. The van der Waals surface area contributed by atoms with Gasteiger partial charge >= 0.3 is 0 Å². The van der Waals surface area contributed by atoms with Crippen molar-refractivity contribution in [2.45, 2.75) is 12.1 Å². The third kappa shape index (κ3) is 5.09. The number of halogens is 2. The fraction of sp³-hybridized carbons (Fsp3) is 0.136. The molecule has 2 aromatic carbocycles. The van der Waals surface area contributed by atoms with Gasteiger partial charge in [-0.15, -0.1) is 10.2 Å². The summed E-state index contributed by atoms with van der Waals surface area (Å²) in [6, 6.07) is 16.0. The lowest BCUT2D eigenvalue weighted by Crippen LogP contribution is -2.15. The third-order valence-corrected chi connectivity index (χ3v) is 5.80. The molecule has 7 nitrogen and oxygen atoms in total. The number of carbonyl (C=O) groups is 1. The van der Waals surface area contributed by atoms with Crippen LogP contribution in [0.1, 0.15) is 6.92 Å². The Hall–Kier alpha value is -2.94. The number of carbonyl (C=O) groups excluding carboxylic acids is 1.